The van der Waals surface area contributed by atoms with E-state index in [1.165, 1.54) is 30.2 Å². The maximum absolute atomic E-state index is 12.1. The van der Waals surface area contributed by atoms with E-state index >= 15 is 0 Å². The van der Waals surface area contributed by atoms with Crippen LogP contribution in [0.4, 0.5) is 4.79 Å². The second-order valence-corrected chi connectivity index (χ2v) is 4.89. The van der Waals surface area contributed by atoms with Crippen molar-refractivity contribution in [1.29, 1.82) is 0 Å². The predicted molar refractivity (Wildman–Crippen MR) is 69.5 cm³/mol. The average molecular weight is 279 g/mol. The van der Waals surface area contributed by atoms with Crippen molar-refractivity contribution in [2.75, 3.05) is 21.1 Å². The van der Waals surface area contributed by atoms with Crippen LogP contribution in [0.5, 0.6) is 0 Å². The van der Waals surface area contributed by atoms with Gasteiger partial charge in [0.05, 0.1) is 18.9 Å². The zero-order chi connectivity index (χ0) is 14.9. The number of rotatable bonds is 4. The lowest BCUT2D eigenvalue weighted by atomic mass is 10.1. The highest BCUT2D eigenvalue weighted by atomic mass is 16.3. The molecule has 0 unspecified atom stereocenters. The smallest absolute Gasteiger partial charge is 0.326 e. The standard InChI is InChI=1S/C13H17N3O4/c1-14(7-9-4-5-20-8-9)11(17)6-10-12(18)16(3)13(19)15(10)2/h4-5,8,10H,6-7H2,1-3H3/t10-/m0/s1. The molecule has 7 nitrogen and oxygen atoms in total. The first-order valence-corrected chi connectivity index (χ1v) is 6.21. The molecule has 2 heterocycles. The van der Waals surface area contributed by atoms with E-state index in [4.69, 9.17) is 4.42 Å². The summed E-state index contributed by atoms with van der Waals surface area (Å²) in [6, 6.07) is 0.672. The summed E-state index contributed by atoms with van der Waals surface area (Å²) in [5.41, 5.74) is 0.875. The number of nitrogens with zero attached hydrogens (tertiary/aromatic N) is 3. The second-order valence-electron chi connectivity index (χ2n) is 4.89. The van der Waals surface area contributed by atoms with Crippen LogP contribution in [-0.2, 0) is 16.1 Å². The SMILES string of the molecule is CN(Cc1ccoc1)C(=O)C[C@H]1C(=O)N(C)C(=O)N1C. The van der Waals surface area contributed by atoms with Gasteiger partial charge in [-0.2, -0.15) is 0 Å². The zero-order valence-electron chi connectivity index (χ0n) is 11.7. The first-order chi connectivity index (χ1) is 9.41. The van der Waals surface area contributed by atoms with E-state index < -0.39 is 6.04 Å². The molecule has 0 saturated carbocycles. The van der Waals surface area contributed by atoms with Gasteiger partial charge in [-0.25, -0.2) is 4.79 Å². The molecule has 4 amide bonds. The Hall–Kier alpha value is -2.31. The Morgan fingerprint density at radius 1 is 1.40 bits per heavy atom. The molecule has 1 aliphatic heterocycles. The second kappa shape index (κ2) is 5.36. The Labute approximate surface area is 116 Å². The summed E-state index contributed by atoms with van der Waals surface area (Å²) in [7, 11) is 4.60. The van der Waals surface area contributed by atoms with Gasteiger partial charge in [-0.3, -0.25) is 14.5 Å². The summed E-state index contributed by atoms with van der Waals surface area (Å²) in [6.07, 6.45) is 3.09. The van der Waals surface area contributed by atoms with E-state index in [1.54, 1.807) is 19.4 Å². The van der Waals surface area contributed by atoms with E-state index in [0.29, 0.717) is 6.54 Å². The third kappa shape index (κ3) is 2.52. The van der Waals surface area contributed by atoms with Crippen LogP contribution in [0.3, 0.4) is 0 Å². The minimum atomic E-state index is -0.716. The summed E-state index contributed by atoms with van der Waals surface area (Å²) >= 11 is 0. The number of carbonyl (C=O) groups excluding carboxylic acids is 3. The zero-order valence-corrected chi connectivity index (χ0v) is 11.7. The molecule has 1 atom stereocenters. The number of imide groups is 1. The number of urea groups is 1. The monoisotopic (exact) mass is 279 g/mol. The summed E-state index contributed by atoms with van der Waals surface area (Å²) in [5, 5.41) is 0. The largest absolute Gasteiger partial charge is 0.472 e. The predicted octanol–water partition coefficient (Wildman–Crippen LogP) is 0.520. The quantitative estimate of drug-likeness (QED) is 0.753. The fourth-order valence-corrected chi connectivity index (χ4v) is 2.14. The molecule has 20 heavy (non-hydrogen) atoms. The Morgan fingerprint density at radius 3 is 2.60 bits per heavy atom. The maximum atomic E-state index is 12.1. The van der Waals surface area contributed by atoms with Gasteiger partial charge in [0.1, 0.15) is 6.04 Å². The van der Waals surface area contributed by atoms with Gasteiger partial charge < -0.3 is 14.2 Å². The van der Waals surface area contributed by atoms with Crippen molar-refractivity contribution in [3.8, 4) is 0 Å². The first kappa shape index (κ1) is 14.1. The van der Waals surface area contributed by atoms with Gasteiger partial charge in [-0.05, 0) is 6.07 Å². The minimum Gasteiger partial charge on any atom is -0.472 e. The molecule has 1 saturated heterocycles. The fraction of sp³-hybridized carbons (Fsp3) is 0.462. The van der Waals surface area contributed by atoms with Gasteiger partial charge in [0.2, 0.25) is 5.91 Å². The van der Waals surface area contributed by atoms with Crippen molar-refractivity contribution in [2.24, 2.45) is 0 Å². The van der Waals surface area contributed by atoms with E-state index in [9.17, 15) is 14.4 Å². The van der Waals surface area contributed by atoms with Crippen LogP contribution in [-0.4, -0.2) is 59.7 Å². The van der Waals surface area contributed by atoms with Gasteiger partial charge in [-0.1, -0.05) is 0 Å². The van der Waals surface area contributed by atoms with Crippen LogP contribution in [0.15, 0.2) is 23.0 Å². The maximum Gasteiger partial charge on any atom is 0.326 e. The van der Waals surface area contributed by atoms with Crippen LogP contribution < -0.4 is 0 Å². The topological polar surface area (TPSA) is 74.1 Å². The number of furan rings is 1. The van der Waals surface area contributed by atoms with Crippen molar-refractivity contribution in [3.05, 3.63) is 24.2 Å². The first-order valence-electron chi connectivity index (χ1n) is 6.21. The molecule has 0 radical (unpaired) electrons. The lowest BCUT2D eigenvalue weighted by Gasteiger charge is -2.20. The summed E-state index contributed by atoms with van der Waals surface area (Å²) < 4.78 is 4.94. The Balaban J connectivity index is 1.97. The number of carbonyl (C=O) groups is 3. The molecule has 0 bridgehead atoms. The average Bonchev–Trinajstić information content (AvgIpc) is 2.98. The fourth-order valence-electron chi connectivity index (χ4n) is 2.14. The summed E-state index contributed by atoms with van der Waals surface area (Å²) in [6.45, 7) is 0.406. The van der Waals surface area contributed by atoms with E-state index in [2.05, 4.69) is 0 Å². The third-order valence-electron chi connectivity index (χ3n) is 3.47. The molecular formula is C13H17N3O4. The van der Waals surface area contributed by atoms with E-state index in [-0.39, 0.29) is 24.3 Å². The molecule has 0 spiro atoms. The van der Waals surface area contributed by atoms with Crippen molar-refractivity contribution in [3.63, 3.8) is 0 Å². The van der Waals surface area contributed by atoms with E-state index in [0.717, 1.165) is 10.5 Å². The highest BCUT2D eigenvalue weighted by Crippen LogP contribution is 2.18. The van der Waals surface area contributed by atoms with Crippen LogP contribution in [0.25, 0.3) is 0 Å². The third-order valence-corrected chi connectivity index (χ3v) is 3.47. The normalized spacial score (nSPS) is 18.9. The molecule has 1 aromatic heterocycles. The number of hydrogen-bond donors (Lipinski definition) is 0. The van der Waals surface area contributed by atoms with Gasteiger partial charge in [-0.15, -0.1) is 0 Å². The van der Waals surface area contributed by atoms with Crippen LogP contribution in [0.1, 0.15) is 12.0 Å². The van der Waals surface area contributed by atoms with Gasteiger partial charge in [0.25, 0.3) is 5.91 Å². The molecule has 2 rings (SSSR count). The Morgan fingerprint density at radius 2 is 2.10 bits per heavy atom. The molecule has 0 aromatic carbocycles. The summed E-state index contributed by atoms with van der Waals surface area (Å²) in [5.74, 6) is -0.540. The Kier molecular flexibility index (Phi) is 3.78. The van der Waals surface area contributed by atoms with Gasteiger partial charge >= 0.3 is 6.03 Å². The molecule has 0 N–H and O–H groups in total. The summed E-state index contributed by atoms with van der Waals surface area (Å²) in [4.78, 5) is 39.5. The number of amides is 4. The molecule has 1 aromatic rings. The number of hydrogen-bond acceptors (Lipinski definition) is 4. The molecule has 0 aliphatic carbocycles. The van der Waals surface area contributed by atoms with Crippen molar-refractivity contribution in [1.82, 2.24) is 14.7 Å². The van der Waals surface area contributed by atoms with Crippen LogP contribution >= 0.6 is 0 Å². The highest BCUT2D eigenvalue weighted by Gasteiger charge is 2.42. The Bertz CT molecular complexity index is 526. The lowest BCUT2D eigenvalue weighted by Crippen LogP contribution is -2.38. The van der Waals surface area contributed by atoms with Gasteiger partial charge in [0, 0.05) is 33.3 Å². The molecular weight excluding hydrogens is 262 g/mol. The molecule has 7 heteroatoms. The molecule has 1 fully saturated rings. The highest BCUT2D eigenvalue weighted by molar-refractivity contribution is 6.05. The molecule has 1 aliphatic rings. The van der Waals surface area contributed by atoms with Crippen molar-refractivity contribution in [2.45, 2.75) is 19.0 Å². The van der Waals surface area contributed by atoms with Crippen molar-refractivity contribution < 1.29 is 18.8 Å². The van der Waals surface area contributed by atoms with Crippen molar-refractivity contribution >= 4 is 17.8 Å². The van der Waals surface area contributed by atoms with Gasteiger partial charge in [0.15, 0.2) is 0 Å². The van der Waals surface area contributed by atoms with Crippen LogP contribution in [0, 0.1) is 0 Å². The lowest BCUT2D eigenvalue weighted by molar-refractivity contribution is -0.135. The number of likely N-dealkylation sites (N-methyl/N-ethyl adjacent to an activating group) is 2. The van der Waals surface area contributed by atoms with Crippen LogP contribution in [0.2, 0.25) is 0 Å². The minimum absolute atomic E-state index is 0.0141. The molecule has 108 valence electrons. The van der Waals surface area contributed by atoms with E-state index in [1.807, 2.05) is 0 Å².